The fourth-order valence-corrected chi connectivity index (χ4v) is 2.96. The third kappa shape index (κ3) is 10.8. The van der Waals surface area contributed by atoms with Crippen LogP contribution in [0.5, 0.6) is 0 Å². The molecule has 0 aromatic heterocycles. The van der Waals surface area contributed by atoms with Gasteiger partial charge in [-0.3, -0.25) is 4.79 Å². The van der Waals surface area contributed by atoms with Crippen LogP contribution in [0.2, 0.25) is 0 Å². The van der Waals surface area contributed by atoms with Crippen molar-refractivity contribution in [2.45, 2.75) is 109 Å². The first kappa shape index (κ1) is 18.5. The first-order chi connectivity index (χ1) is 10.2. The molecule has 0 aromatic rings. The molecule has 3 nitrogen and oxygen atoms in total. The minimum Gasteiger partial charge on any atom is -0.481 e. The summed E-state index contributed by atoms with van der Waals surface area (Å²) in [6.45, 7) is 2.25. The van der Waals surface area contributed by atoms with E-state index in [1.54, 1.807) is 0 Å². The third-order valence-electron chi connectivity index (χ3n) is 4.41. The summed E-state index contributed by atoms with van der Waals surface area (Å²) in [5.74, 6) is -0.662. The van der Waals surface area contributed by atoms with E-state index in [0.717, 1.165) is 12.8 Å². The van der Waals surface area contributed by atoms with Crippen molar-refractivity contribution in [2.24, 2.45) is 0 Å². The second-order valence-electron chi connectivity index (χ2n) is 6.47. The van der Waals surface area contributed by atoms with Crippen molar-refractivity contribution in [3.05, 3.63) is 0 Å². The standard InChI is InChI=1S/C18H34O3/c1-2-3-10-13-16-17(21-16)14-11-8-6-4-5-7-9-12-15-18(19)20/h16-17H,2-15H2,1H3,(H,19,20)/t16-,17-/m1/s1. The van der Waals surface area contributed by atoms with E-state index >= 15 is 0 Å². The Balaban J connectivity index is 1.73. The van der Waals surface area contributed by atoms with Crippen molar-refractivity contribution in [3.8, 4) is 0 Å². The molecule has 0 unspecified atom stereocenters. The van der Waals surface area contributed by atoms with Crippen LogP contribution in [0.4, 0.5) is 0 Å². The summed E-state index contributed by atoms with van der Waals surface area (Å²) in [7, 11) is 0. The Morgan fingerprint density at radius 1 is 0.810 bits per heavy atom. The molecule has 0 bridgehead atoms. The molecule has 21 heavy (non-hydrogen) atoms. The average Bonchev–Trinajstić information content (AvgIpc) is 3.19. The van der Waals surface area contributed by atoms with Crippen LogP contribution in [0.25, 0.3) is 0 Å². The van der Waals surface area contributed by atoms with Crippen LogP contribution in [0.1, 0.15) is 96.8 Å². The molecule has 124 valence electrons. The molecule has 0 saturated carbocycles. The number of hydrogen-bond acceptors (Lipinski definition) is 2. The Labute approximate surface area is 130 Å². The van der Waals surface area contributed by atoms with Gasteiger partial charge in [-0.05, 0) is 19.3 Å². The summed E-state index contributed by atoms with van der Waals surface area (Å²) in [6, 6.07) is 0. The summed E-state index contributed by atoms with van der Waals surface area (Å²) in [5, 5.41) is 8.53. The molecule has 1 N–H and O–H groups in total. The molecule has 3 heteroatoms. The average molecular weight is 298 g/mol. The van der Waals surface area contributed by atoms with Gasteiger partial charge in [0.15, 0.2) is 0 Å². The van der Waals surface area contributed by atoms with Gasteiger partial charge in [-0.25, -0.2) is 0 Å². The fraction of sp³-hybridized carbons (Fsp3) is 0.944. The van der Waals surface area contributed by atoms with Gasteiger partial charge in [0.1, 0.15) is 0 Å². The monoisotopic (exact) mass is 298 g/mol. The molecule has 0 aliphatic carbocycles. The zero-order valence-corrected chi connectivity index (χ0v) is 13.8. The van der Waals surface area contributed by atoms with Crippen LogP contribution >= 0.6 is 0 Å². The molecule has 1 heterocycles. The first-order valence-electron chi connectivity index (χ1n) is 9.11. The number of carbonyl (C=O) groups is 1. The van der Waals surface area contributed by atoms with Gasteiger partial charge in [0.2, 0.25) is 0 Å². The lowest BCUT2D eigenvalue weighted by Gasteiger charge is -2.01. The maximum Gasteiger partial charge on any atom is 0.303 e. The SMILES string of the molecule is CCCCC[C@H]1O[C@@H]1CCCCCCCCCCC(=O)O. The maximum atomic E-state index is 10.4. The molecule has 0 radical (unpaired) electrons. The number of carboxylic acid groups (broad SMARTS) is 1. The van der Waals surface area contributed by atoms with E-state index in [2.05, 4.69) is 6.92 Å². The van der Waals surface area contributed by atoms with E-state index in [0.29, 0.717) is 18.6 Å². The normalized spacial score (nSPS) is 20.6. The van der Waals surface area contributed by atoms with Crippen LogP contribution in [0.15, 0.2) is 0 Å². The summed E-state index contributed by atoms with van der Waals surface area (Å²) in [5.41, 5.74) is 0. The number of carboxylic acids is 1. The van der Waals surface area contributed by atoms with Crippen LogP contribution < -0.4 is 0 Å². The Hall–Kier alpha value is -0.570. The van der Waals surface area contributed by atoms with Crippen molar-refractivity contribution >= 4 is 5.97 Å². The highest BCUT2D eigenvalue weighted by molar-refractivity contribution is 5.66. The van der Waals surface area contributed by atoms with Gasteiger partial charge in [-0.15, -0.1) is 0 Å². The Bertz CT molecular complexity index is 265. The van der Waals surface area contributed by atoms with E-state index < -0.39 is 5.97 Å². The second kappa shape index (κ2) is 12.0. The van der Waals surface area contributed by atoms with Gasteiger partial charge in [0.05, 0.1) is 12.2 Å². The highest BCUT2D eigenvalue weighted by Crippen LogP contribution is 2.31. The number of aliphatic carboxylic acids is 1. The zero-order chi connectivity index (χ0) is 15.3. The molecule has 1 aliphatic rings. The van der Waals surface area contributed by atoms with Crippen LogP contribution in [-0.4, -0.2) is 23.3 Å². The summed E-state index contributed by atoms with van der Waals surface area (Å²) in [4.78, 5) is 10.4. The van der Waals surface area contributed by atoms with Gasteiger partial charge < -0.3 is 9.84 Å². The summed E-state index contributed by atoms with van der Waals surface area (Å²) in [6.07, 6.45) is 17.7. The minimum absolute atomic E-state index is 0.334. The minimum atomic E-state index is -0.662. The second-order valence-corrected chi connectivity index (χ2v) is 6.47. The molecule has 0 aromatic carbocycles. The van der Waals surface area contributed by atoms with E-state index in [1.807, 2.05) is 0 Å². The predicted octanol–water partition coefficient (Wildman–Crippen LogP) is 5.32. The van der Waals surface area contributed by atoms with Crippen molar-refractivity contribution in [1.29, 1.82) is 0 Å². The summed E-state index contributed by atoms with van der Waals surface area (Å²) < 4.78 is 5.71. The van der Waals surface area contributed by atoms with E-state index in [-0.39, 0.29) is 0 Å². The van der Waals surface area contributed by atoms with Crippen LogP contribution in [0, 0.1) is 0 Å². The first-order valence-corrected chi connectivity index (χ1v) is 9.11. The fourth-order valence-electron chi connectivity index (χ4n) is 2.96. The van der Waals surface area contributed by atoms with Gasteiger partial charge in [-0.1, -0.05) is 71.1 Å². The number of rotatable bonds is 15. The number of unbranched alkanes of at least 4 members (excludes halogenated alkanes) is 9. The van der Waals surface area contributed by atoms with Gasteiger partial charge in [0, 0.05) is 6.42 Å². The molecule has 1 fully saturated rings. The topological polar surface area (TPSA) is 49.8 Å². The molecular weight excluding hydrogens is 264 g/mol. The van der Waals surface area contributed by atoms with Gasteiger partial charge in [0.25, 0.3) is 0 Å². The molecule has 0 spiro atoms. The number of ether oxygens (including phenoxy) is 1. The van der Waals surface area contributed by atoms with Crippen molar-refractivity contribution in [3.63, 3.8) is 0 Å². The van der Waals surface area contributed by atoms with E-state index in [9.17, 15) is 4.79 Å². The molecule has 1 aliphatic heterocycles. The lowest BCUT2D eigenvalue weighted by atomic mass is 10.0. The lowest BCUT2D eigenvalue weighted by Crippen LogP contribution is -1.94. The zero-order valence-electron chi connectivity index (χ0n) is 13.8. The smallest absolute Gasteiger partial charge is 0.303 e. The van der Waals surface area contributed by atoms with Gasteiger partial charge >= 0.3 is 5.97 Å². The molecular formula is C18H34O3. The van der Waals surface area contributed by atoms with Crippen molar-refractivity contribution in [1.82, 2.24) is 0 Å². The quantitative estimate of drug-likeness (QED) is 0.329. The number of hydrogen-bond donors (Lipinski definition) is 1. The highest BCUT2D eigenvalue weighted by atomic mass is 16.6. The third-order valence-corrected chi connectivity index (χ3v) is 4.41. The van der Waals surface area contributed by atoms with Crippen LogP contribution in [0.3, 0.4) is 0 Å². The molecule has 1 rings (SSSR count). The Kier molecular flexibility index (Phi) is 10.6. The number of epoxide rings is 1. The van der Waals surface area contributed by atoms with E-state index in [1.165, 1.54) is 70.6 Å². The van der Waals surface area contributed by atoms with Crippen molar-refractivity contribution < 1.29 is 14.6 Å². The largest absolute Gasteiger partial charge is 0.481 e. The van der Waals surface area contributed by atoms with Crippen LogP contribution in [-0.2, 0) is 9.53 Å². The van der Waals surface area contributed by atoms with Crippen molar-refractivity contribution in [2.75, 3.05) is 0 Å². The summed E-state index contributed by atoms with van der Waals surface area (Å²) >= 11 is 0. The Morgan fingerprint density at radius 2 is 1.29 bits per heavy atom. The van der Waals surface area contributed by atoms with E-state index in [4.69, 9.17) is 9.84 Å². The highest BCUT2D eigenvalue weighted by Gasteiger charge is 2.36. The maximum absolute atomic E-state index is 10.4. The Morgan fingerprint density at radius 3 is 1.81 bits per heavy atom. The lowest BCUT2D eigenvalue weighted by molar-refractivity contribution is -0.137. The molecule has 0 amide bonds. The van der Waals surface area contributed by atoms with Gasteiger partial charge in [-0.2, -0.15) is 0 Å². The molecule has 2 atom stereocenters. The molecule has 1 saturated heterocycles. The predicted molar refractivity (Wildman–Crippen MR) is 86.6 cm³/mol.